The minimum absolute atomic E-state index is 1.14. The third kappa shape index (κ3) is 8.76. The van der Waals surface area contributed by atoms with Crippen LogP contribution in [0.25, 0.3) is 0 Å². The predicted octanol–water partition coefficient (Wildman–Crippen LogP) is 2.37. The third-order valence-electron chi connectivity index (χ3n) is 1.39. The Labute approximate surface area is 62.9 Å². The number of hydrogen-bond acceptors (Lipinski definition) is 1. The Kier molecular flexibility index (Phi) is 4.94. The van der Waals surface area contributed by atoms with Gasteiger partial charge in [-0.3, -0.25) is 0 Å². The SMILES string of the molecule is CCCC[CH2][Sn]([CH3])([CH3])[OH]. The minimum atomic E-state index is -2.33. The van der Waals surface area contributed by atoms with E-state index in [0.29, 0.717) is 0 Å². The Morgan fingerprint density at radius 1 is 1.22 bits per heavy atom. The van der Waals surface area contributed by atoms with Crippen molar-refractivity contribution in [3.05, 3.63) is 0 Å². The van der Waals surface area contributed by atoms with Crippen LogP contribution in [0.2, 0.25) is 14.3 Å². The summed E-state index contributed by atoms with van der Waals surface area (Å²) >= 11 is -2.33. The van der Waals surface area contributed by atoms with Crippen LogP contribution < -0.4 is 0 Å². The van der Waals surface area contributed by atoms with E-state index in [1.807, 2.05) is 0 Å². The van der Waals surface area contributed by atoms with Gasteiger partial charge in [0.15, 0.2) is 0 Å². The van der Waals surface area contributed by atoms with E-state index < -0.39 is 18.8 Å². The van der Waals surface area contributed by atoms with Gasteiger partial charge >= 0.3 is 62.7 Å². The monoisotopic (exact) mass is 238 g/mol. The standard InChI is InChI=1S/C5H11.2CH3.H2O.Sn/c1-3-5-4-2;;;;/h1,3-5H2,2H3;2*1H3;1H2;/q;;;;+1/p-1. The van der Waals surface area contributed by atoms with E-state index >= 15 is 0 Å². The number of unbranched alkanes of at least 4 members (excludes halogenated alkanes) is 2. The van der Waals surface area contributed by atoms with Crippen molar-refractivity contribution in [1.29, 1.82) is 0 Å². The van der Waals surface area contributed by atoms with Crippen molar-refractivity contribution in [3.8, 4) is 0 Å². The molecule has 0 aromatic carbocycles. The Bertz CT molecular complexity index is 65.8. The summed E-state index contributed by atoms with van der Waals surface area (Å²) in [7, 11) is 0. The second-order valence-corrected chi connectivity index (χ2v) is 15.0. The molecule has 0 fully saturated rings. The van der Waals surface area contributed by atoms with Gasteiger partial charge in [0.1, 0.15) is 0 Å². The van der Waals surface area contributed by atoms with Crippen molar-refractivity contribution >= 4 is 18.8 Å². The fraction of sp³-hybridized carbons (Fsp3) is 1.00. The van der Waals surface area contributed by atoms with E-state index in [1.54, 1.807) is 0 Å². The van der Waals surface area contributed by atoms with Crippen molar-refractivity contribution < 1.29 is 3.44 Å². The van der Waals surface area contributed by atoms with Crippen LogP contribution >= 0.6 is 0 Å². The summed E-state index contributed by atoms with van der Waals surface area (Å²) in [6.07, 6.45) is 3.80. The van der Waals surface area contributed by atoms with Crippen molar-refractivity contribution in [2.75, 3.05) is 0 Å². The zero-order valence-corrected chi connectivity index (χ0v) is 9.63. The maximum absolute atomic E-state index is 9.45. The molecule has 0 saturated carbocycles. The van der Waals surface area contributed by atoms with Crippen LogP contribution in [0.15, 0.2) is 0 Å². The Hall–Kier alpha value is 0.759. The van der Waals surface area contributed by atoms with Crippen LogP contribution in [-0.4, -0.2) is 22.2 Å². The van der Waals surface area contributed by atoms with E-state index in [2.05, 4.69) is 16.8 Å². The molecule has 0 unspecified atom stereocenters. The Balaban J connectivity index is 3.07. The summed E-state index contributed by atoms with van der Waals surface area (Å²) in [6, 6.07) is 0. The summed E-state index contributed by atoms with van der Waals surface area (Å²) in [4.78, 5) is 4.15. The van der Waals surface area contributed by atoms with Gasteiger partial charge < -0.3 is 0 Å². The van der Waals surface area contributed by atoms with E-state index in [4.69, 9.17) is 0 Å². The number of hydrogen-bond donors (Lipinski definition) is 1. The second kappa shape index (κ2) is 4.56. The summed E-state index contributed by atoms with van der Waals surface area (Å²) in [5, 5.41) is 0. The zero-order chi connectivity index (χ0) is 7.33. The van der Waals surface area contributed by atoms with Crippen molar-refractivity contribution in [2.24, 2.45) is 0 Å². The van der Waals surface area contributed by atoms with Crippen molar-refractivity contribution in [1.82, 2.24) is 0 Å². The average Bonchev–Trinajstić information content (AvgIpc) is 1.63. The molecule has 0 rings (SSSR count). The summed E-state index contributed by atoms with van der Waals surface area (Å²) in [6.45, 7) is 2.19. The summed E-state index contributed by atoms with van der Waals surface area (Å²) in [5.74, 6) is 0. The average molecular weight is 237 g/mol. The Morgan fingerprint density at radius 3 is 2.11 bits per heavy atom. The Morgan fingerprint density at radius 2 is 1.78 bits per heavy atom. The van der Waals surface area contributed by atoms with Gasteiger partial charge in [-0.2, -0.15) is 0 Å². The molecule has 0 amide bonds. The molecule has 0 aliphatic heterocycles. The predicted molar refractivity (Wildman–Crippen MR) is 44.0 cm³/mol. The normalized spacial score (nSPS) is 12.0. The van der Waals surface area contributed by atoms with Gasteiger partial charge in [-0.1, -0.05) is 0 Å². The molecule has 56 valence electrons. The molecular weight excluding hydrogens is 219 g/mol. The van der Waals surface area contributed by atoms with Crippen molar-refractivity contribution in [2.45, 2.75) is 40.5 Å². The second-order valence-electron chi connectivity index (χ2n) is 3.27. The molecule has 0 spiro atoms. The first-order chi connectivity index (χ1) is 4.06. The molecular formula is C7H18OSn. The molecule has 0 radical (unpaired) electrons. The molecule has 9 heavy (non-hydrogen) atoms. The van der Waals surface area contributed by atoms with Gasteiger partial charge in [0.05, 0.1) is 0 Å². The summed E-state index contributed by atoms with van der Waals surface area (Å²) in [5.41, 5.74) is 0. The van der Waals surface area contributed by atoms with Gasteiger partial charge in [-0.25, -0.2) is 0 Å². The van der Waals surface area contributed by atoms with Gasteiger partial charge in [-0.05, 0) is 0 Å². The fourth-order valence-electron chi connectivity index (χ4n) is 0.808. The first kappa shape index (κ1) is 9.76. The van der Waals surface area contributed by atoms with Gasteiger partial charge in [0.2, 0.25) is 0 Å². The maximum atomic E-state index is 9.45. The fourth-order valence-corrected chi connectivity index (χ4v) is 3.99. The van der Waals surface area contributed by atoms with E-state index in [-0.39, 0.29) is 0 Å². The third-order valence-corrected chi connectivity index (χ3v) is 5.89. The molecule has 0 aliphatic rings. The molecule has 0 bridgehead atoms. The van der Waals surface area contributed by atoms with Gasteiger partial charge in [-0.15, -0.1) is 0 Å². The van der Waals surface area contributed by atoms with Gasteiger partial charge in [0.25, 0.3) is 0 Å². The quantitative estimate of drug-likeness (QED) is 0.587. The first-order valence-corrected chi connectivity index (χ1v) is 12.8. The molecule has 1 N–H and O–H groups in total. The first-order valence-electron chi connectivity index (χ1n) is 3.78. The molecule has 0 saturated heterocycles. The van der Waals surface area contributed by atoms with Crippen LogP contribution in [0.5, 0.6) is 0 Å². The molecule has 0 aromatic rings. The molecule has 0 heterocycles. The van der Waals surface area contributed by atoms with E-state index in [1.165, 1.54) is 19.3 Å². The van der Waals surface area contributed by atoms with Crippen LogP contribution in [0, 0.1) is 0 Å². The van der Waals surface area contributed by atoms with Gasteiger partial charge in [0, 0.05) is 0 Å². The van der Waals surface area contributed by atoms with E-state index in [9.17, 15) is 3.44 Å². The number of rotatable bonds is 4. The molecule has 0 aliphatic carbocycles. The van der Waals surface area contributed by atoms with Crippen LogP contribution in [0.3, 0.4) is 0 Å². The van der Waals surface area contributed by atoms with Crippen LogP contribution in [-0.2, 0) is 0 Å². The van der Waals surface area contributed by atoms with Crippen LogP contribution in [0.4, 0.5) is 0 Å². The zero-order valence-electron chi connectivity index (χ0n) is 6.78. The molecule has 2 heteroatoms. The van der Waals surface area contributed by atoms with Crippen molar-refractivity contribution in [3.63, 3.8) is 0 Å². The van der Waals surface area contributed by atoms with E-state index in [0.717, 1.165) is 4.44 Å². The molecule has 1 nitrogen and oxygen atoms in total. The topological polar surface area (TPSA) is 20.2 Å². The molecule has 0 aromatic heterocycles. The summed E-state index contributed by atoms with van der Waals surface area (Å²) < 4.78 is 10.6. The van der Waals surface area contributed by atoms with Crippen LogP contribution in [0.1, 0.15) is 26.2 Å². The molecule has 0 atom stereocenters.